The minimum atomic E-state index is -0.422. The Bertz CT molecular complexity index is 1160. The Kier molecular flexibility index (Phi) is 5.73. The molecule has 0 aliphatic carbocycles. The van der Waals surface area contributed by atoms with Gasteiger partial charge in [0.1, 0.15) is 0 Å². The number of aromatic nitrogens is 4. The summed E-state index contributed by atoms with van der Waals surface area (Å²) >= 11 is 1.38. The molecule has 2 heterocycles. The summed E-state index contributed by atoms with van der Waals surface area (Å²) in [5, 5.41) is 3.54. The number of imidazole rings is 1. The summed E-state index contributed by atoms with van der Waals surface area (Å²) in [5.41, 5.74) is 1.82. The SMILES string of the molecule is CCc1ccccc1NC(=O)CCSc1nc2c(=O)n(C)c(=O)n(C)c2n1C. The van der Waals surface area contributed by atoms with Gasteiger partial charge in [0, 0.05) is 39.0 Å². The lowest BCUT2D eigenvalue weighted by atomic mass is 10.1. The molecule has 0 radical (unpaired) electrons. The lowest BCUT2D eigenvalue weighted by Gasteiger charge is -2.09. The van der Waals surface area contributed by atoms with Gasteiger partial charge in [-0.25, -0.2) is 9.78 Å². The van der Waals surface area contributed by atoms with Crippen LogP contribution in [-0.2, 0) is 32.4 Å². The van der Waals surface area contributed by atoms with E-state index in [1.165, 1.54) is 23.4 Å². The standard InChI is InChI=1S/C19H23N5O3S/c1-5-12-8-6-7-9-13(12)20-14(25)10-11-28-18-21-15-16(22(18)2)23(3)19(27)24(4)17(15)26/h6-9H,5,10-11H2,1-4H3,(H,20,25). The molecule has 0 fully saturated rings. The fourth-order valence-corrected chi connectivity index (χ4v) is 3.99. The van der Waals surface area contributed by atoms with Gasteiger partial charge in [-0.3, -0.25) is 18.7 Å². The number of para-hydroxylation sites is 1. The Hall–Kier alpha value is -2.81. The number of rotatable bonds is 6. The third-order valence-electron chi connectivity index (χ3n) is 4.66. The van der Waals surface area contributed by atoms with Gasteiger partial charge in [-0.15, -0.1) is 0 Å². The molecule has 9 heteroatoms. The molecule has 0 saturated heterocycles. The quantitative estimate of drug-likeness (QED) is 0.635. The molecule has 1 N–H and O–H groups in total. The number of fused-ring (bicyclic) bond motifs is 1. The van der Waals surface area contributed by atoms with E-state index in [4.69, 9.17) is 0 Å². The molecule has 0 saturated carbocycles. The summed E-state index contributed by atoms with van der Waals surface area (Å²) in [5.74, 6) is 0.432. The van der Waals surface area contributed by atoms with Crippen molar-refractivity contribution >= 4 is 34.5 Å². The number of benzene rings is 1. The number of amides is 1. The number of hydrogen-bond acceptors (Lipinski definition) is 5. The fraction of sp³-hybridized carbons (Fsp3) is 0.368. The highest BCUT2D eigenvalue weighted by Crippen LogP contribution is 2.21. The molecule has 0 spiro atoms. The van der Waals surface area contributed by atoms with E-state index in [9.17, 15) is 14.4 Å². The van der Waals surface area contributed by atoms with Crippen molar-refractivity contribution in [1.29, 1.82) is 0 Å². The maximum absolute atomic E-state index is 12.3. The van der Waals surface area contributed by atoms with Crippen molar-refractivity contribution in [2.24, 2.45) is 21.1 Å². The molecular weight excluding hydrogens is 378 g/mol. The summed E-state index contributed by atoms with van der Waals surface area (Å²) < 4.78 is 4.16. The van der Waals surface area contributed by atoms with E-state index in [0.717, 1.165) is 22.2 Å². The number of hydrogen-bond donors (Lipinski definition) is 1. The molecular formula is C19H23N5O3S. The molecule has 3 rings (SSSR count). The van der Waals surface area contributed by atoms with Gasteiger partial charge in [-0.2, -0.15) is 0 Å². The number of anilines is 1. The van der Waals surface area contributed by atoms with Crippen LogP contribution in [0.1, 0.15) is 18.9 Å². The number of carbonyl (C=O) groups is 1. The summed E-state index contributed by atoms with van der Waals surface area (Å²) in [6.45, 7) is 2.05. The smallest absolute Gasteiger partial charge is 0.326 e. The summed E-state index contributed by atoms with van der Waals surface area (Å²) in [7, 11) is 4.80. The minimum Gasteiger partial charge on any atom is -0.326 e. The molecule has 148 valence electrons. The Labute approximate surface area is 166 Å². The van der Waals surface area contributed by atoms with E-state index in [2.05, 4.69) is 10.3 Å². The maximum atomic E-state index is 12.3. The van der Waals surface area contributed by atoms with Crippen LogP contribution in [0.3, 0.4) is 0 Å². The van der Waals surface area contributed by atoms with Crippen LogP contribution in [0.2, 0.25) is 0 Å². The van der Waals surface area contributed by atoms with Gasteiger partial charge in [0.2, 0.25) is 5.91 Å². The number of carbonyl (C=O) groups excluding carboxylic acids is 1. The zero-order valence-electron chi connectivity index (χ0n) is 16.4. The third kappa shape index (κ3) is 3.62. The number of aryl methyl sites for hydroxylation is 3. The molecule has 0 atom stereocenters. The van der Waals surface area contributed by atoms with E-state index in [1.54, 1.807) is 18.7 Å². The first-order chi connectivity index (χ1) is 13.3. The van der Waals surface area contributed by atoms with Crippen molar-refractivity contribution in [1.82, 2.24) is 18.7 Å². The topological polar surface area (TPSA) is 90.9 Å². The fourth-order valence-electron chi connectivity index (χ4n) is 3.09. The Morgan fingerprint density at radius 2 is 1.82 bits per heavy atom. The van der Waals surface area contributed by atoms with Crippen LogP contribution in [0.25, 0.3) is 11.2 Å². The van der Waals surface area contributed by atoms with Crippen molar-refractivity contribution < 1.29 is 4.79 Å². The molecule has 2 aromatic heterocycles. The maximum Gasteiger partial charge on any atom is 0.332 e. The van der Waals surface area contributed by atoms with Gasteiger partial charge >= 0.3 is 5.69 Å². The second-order valence-corrected chi connectivity index (χ2v) is 7.55. The van der Waals surface area contributed by atoms with E-state index in [-0.39, 0.29) is 11.4 Å². The second kappa shape index (κ2) is 8.05. The monoisotopic (exact) mass is 401 g/mol. The first-order valence-corrected chi connectivity index (χ1v) is 9.96. The largest absolute Gasteiger partial charge is 0.332 e. The van der Waals surface area contributed by atoms with Crippen LogP contribution in [-0.4, -0.2) is 30.3 Å². The van der Waals surface area contributed by atoms with Crippen LogP contribution >= 0.6 is 11.8 Å². The first kappa shape index (κ1) is 19.9. The van der Waals surface area contributed by atoms with E-state index >= 15 is 0 Å². The second-order valence-electron chi connectivity index (χ2n) is 6.49. The van der Waals surface area contributed by atoms with Gasteiger partial charge in [0.05, 0.1) is 0 Å². The number of nitrogens with zero attached hydrogens (tertiary/aromatic N) is 4. The normalized spacial score (nSPS) is 11.1. The van der Waals surface area contributed by atoms with Crippen LogP contribution in [0, 0.1) is 0 Å². The number of nitrogens with one attached hydrogen (secondary N) is 1. The van der Waals surface area contributed by atoms with Crippen LogP contribution < -0.4 is 16.6 Å². The average Bonchev–Trinajstić information content (AvgIpc) is 3.01. The van der Waals surface area contributed by atoms with Crippen molar-refractivity contribution in [3.63, 3.8) is 0 Å². The average molecular weight is 401 g/mol. The molecule has 8 nitrogen and oxygen atoms in total. The van der Waals surface area contributed by atoms with Crippen molar-refractivity contribution in [3.05, 3.63) is 50.7 Å². The van der Waals surface area contributed by atoms with Crippen LogP contribution in [0.15, 0.2) is 39.0 Å². The Balaban J connectivity index is 1.72. The highest BCUT2D eigenvalue weighted by atomic mass is 32.2. The molecule has 1 aromatic carbocycles. The van der Waals surface area contributed by atoms with E-state index in [1.807, 2.05) is 31.2 Å². The summed E-state index contributed by atoms with van der Waals surface area (Å²) in [6, 6.07) is 7.74. The van der Waals surface area contributed by atoms with Gasteiger partial charge in [-0.1, -0.05) is 36.9 Å². The highest BCUT2D eigenvalue weighted by molar-refractivity contribution is 7.99. The summed E-state index contributed by atoms with van der Waals surface area (Å²) in [6.07, 6.45) is 1.15. The lowest BCUT2D eigenvalue weighted by molar-refractivity contribution is -0.115. The Morgan fingerprint density at radius 1 is 1.11 bits per heavy atom. The molecule has 0 unspecified atom stereocenters. The minimum absolute atomic E-state index is 0.0736. The molecule has 3 aromatic rings. The zero-order chi connectivity index (χ0) is 20.4. The number of thioether (sulfide) groups is 1. The molecule has 0 bridgehead atoms. The zero-order valence-corrected chi connectivity index (χ0v) is 17.2. The van der Waals surface area contributed by atoms with Crippen LogP contribution in [0.4, 0.5) is 5.69 Å². The van der Waals surface area contributed by atoms with E-state index in [0.29, 0.717) is 23.0 Å². The van der Waals surface area contributed by atoms with Crippen molar-refractivity contribution in [3.8, 4) is 0 Å². The van der Waals surface area contributed by atoms with Crippen molar-refractivity contribution in [2.75, 3.05) is 11.1 Å². The van der Waals surface area contributed by atoms with Crippen molar-refractivity contribution in [2.45, 2.75) is 24.9 Å². The van der Waals surface area contributed by atoms with E-state index < -0.39 is 11.2 Å². The van der Waals surface area contributed by atoms with Gasteiger partial charge in [0.15, 0.2) is 16.3 Å². The predicted octanol–water partition coefficient (Wildman–Crippen LogP) is 1.65. The molecule has 1 amide bonds. The van der Waals surface area contributed by atoms with Gasteiger partial charge in [0.25, 0.3) is 5.56 Å². The summed E-state index contributed by atoms with van der Waals surface area (Å²) in [4.78, 5) is 41.1. The van der Waals surface area contributed by atoms with Gasteiger partial charge in [-0.05, 0) is 18.1 Å². The molecule has 0 aliphatic heterocycles. The highest BCUT2D eigenvalue weighted by Gasteiger charge is 2.17. The van der Waals surface area contributed by atoms with Gasteiger partial charge < -0.3 is 9.88 Å². The molecule has 0 aliphatic rings. The predicted molar refractivity (Wildman–Crippen MR) is 111 cm³/mol. The molecule has 28 heavy (non-hydrogen) atoms. The first-order valence-electron chi connectivity index (χ1n) is 8.98. The Morgan fingerprint density at radius 3 is 2.54 bits per heavy atom. The lowest BCUT2D eigenvalue weighted by Crippen LogP contribution is -2.37. The van der Waals surface area contributed by atoms with Crippen LogP contribution in [0.5, 0.6) is 0 Å². The third-order valence-corrected chi connectivity index (χ3v) is 5.69.